The van der Waals surface area contributed by atoms with Gasteiger partial charge in [0.2, 0.25) is 11.8 Å². The second kappa shape index (κ2) is 9.53. The van der Waals surface area contributed by atoms with Crippen LogP contribution in [0.5, 0.6) is 0 Å². The molecule has 0 spiro atoms. The van der Waals surface area contributed by atoms with Crippen molar-refractivity contribution in [1.82, 2.24) is 15.1 Å². The average Bonchev–Trinajstić information content (AvgIpc) is 3.02. The highest BCUT2D eigenvalue weighted by atomic mass is 35.5. The quantitative estimate of drug-likeness (QED) is 0.850. The Morgan fingerprint density at radius 3 is 2.65 bits per heavy atom. The number of amides is 2. The maximum absolute atomic E-state index is 12.5. The van der Waals surface area contributed by atoms with E-state index in [0.29, 0.717) is 19.5 Å². The third-order valence-corrected chi connectivity index (χ3v) is 4.13. The Labute approximate surface area is 144 Å². The summed E-state index contributed by atoms with van der Waals surface area (Å²) < 4.78 is 0. The van der Waals surface area contributed by atoms with Crippen LogP contribution in [0.3, 0.4) is 0 Å². The predicted molar refractivity (Wildman–Crippen MR) is 93.7 cm³/mol. The summed E-state index contributed by atoms with van der Waals surface area (Å²) in [5, 5.41) is 3.04. The fourth-order valence-electron chi connectivity index (χ4n) is 2.84. The Kier molecular flexibility index (Phi) is 8.06. The van der Waals surface area contributed by atoms with Gasteiger partial charge in [-0.3, -0.25) is 9.59 Å². The first-order valence-corrected chi connectivity index (χ1v) is 7.86. The molecule has 0 aromatic heterocycles. The molecule has 0 radical (unpaired) electrons. The zero-order valence-corrected chi connectivity index (χ0v) is 14.6. The van der Waals surface area contributed by atoms with Crippen LogP contribution in [0.25, 0.3) is 0 Å². The van der Waals surface area contributed by atoms with Crippen molar-refractivity contribution in [1.29, 1.82) is 0 Å². The minimum atomic E-state index is -0.293. The number of nitrogens with one attached hydrogen (secondary N) is 1. The van der Waals surface area contributed by atoms with Crippen LogP contribution in [0.4, 0.5) is 0 Å². The predicted octanol–water partition coefficient (Wildman–Crippen LogP) is 1.32. The van der Waals surface area contributed by atoms with E-state index >= 15 is 0 Å². The monoisotopic (exact) mass is 339 g/mol. The normalized spacial score (nSPS) is 16.8. The molecule has 0 aliphatic carbocycles. The van der Waals surface area contributed by atoms with Crippen LogP contribution in [0.1, 0.15) is 18.4 Å². The van der Waals surface area contributed by atoms with Crippen molar-refractivity contribution < 1.29 is 9.59 Å². The van der Waals surface area contributed by atoms with Gasteiger partial charge in [-0.2, -0.15) is 0 Å². The number of likely N-dealkylation sites (N-methyl/N-ethyl adjacent to an activating group) is 2. The molecule has 128 valence electrons. The maximum Gasteiger partial charge on any atom is 0.245 e. The lowest BCUT2D eigenvalue weighted by Crippen LogP contribution is -2.48. The summed E-state index contributed by atoms with van der Waals surface area (Å²) >= 11 is 0. The van der Waals surface area contributed by atoms with Gasteiger partial charge in [0.05, 0.1) is 6.42 Å². The fraction of sp³-hybridized carbons (Fsp3) is 0.529. The van der Waals surface area contributed by atoms with Crippen molar-refractivity contribution in [3.05, 3.63) is 35.9 Å². The van der Waals surface area contributed by atoms with E-state index in [1.165, 1.54) is 0 Å². The third kappa shape index (κ3) is 5.22. The van der Waals surface area contributed by atoms with Gasteiger partial charge in [0.1, 0.15) is 6.04 Å². The molecule has 1 saturated heterocycles. The van der Waals surface area contributed by atoms with E-state index in [1.54, 1.807) is 16.8 Å². The number of halogens is 1. The third-order valence-electron chi connectivity index (χ3n) is 4.13. The summed E-state index contributed by atoms with van der Waals surface area (Å²) in [6, 6.07) is 9.40. The molecule has 1 aromatic carbocycles. The molecule has 1 unspecified atom stereocenters. The SMILES string of the molecule is CNCCN(C)C(=O)C1CCCN1C(=O)Cc1ccccc1.Cl. The van der Waals surface area contributed by atoms with Gasteiger partial charge in [-0.1, -0.05) is 30.3 Å². The number of rotatable bonds is 6. The first-order valence-electron chi connectivity index (χ1n) is 7.86. The van der Waals surface area contributed by atoms with Crippen molar-refractivity contribution in [2.45, 2.75) is 25.3 Å². The number of hydrogen-bond acceptors (Lipinski definition) is 3. The molecule has 0 saturated carbocycles. The molecule has 23 heavy (non-hydrogen) atoms. The number of benzene rings is 1. The molecule has 5 nitrogen and oxygen atoms in total. The zero-order valence-electron chi connectivity index (χ0n) is 13.8. The first kappa shape index (κ1) is 19.5. The smallest absolute Gasteiger partial charge is 0.245 e. The van der Waals surface area contributed by atoms with E-state index in [4.69, 9.17) is 0 Å². The lowest BCUT2D eigenvalue weighted by Gasteiger charge is -2.28. The van der Waals surface area contributed by atoms with Gasteiger partial charge in [0, 0.05) is 26.7 Å². The van der Waals surface area contributed by atoms with E-state index in [2.05, 4.69) is 5.32 Å². The molecule has 2 rings (SSSR count). The van der Waals surface area contributed by atoms with Crippen LogP contribution in [0.2, 0.25) is 0 Å². The van der Waals surface area contributed by atoms with E-state index < -0.39 is 0 Å². The Morgan fingerprint density at radius 2 is 2.00 bits per heavy atom. The number of carbonyl (C=O) groups excluding carboxylic acids is 2. The molecule has 1 aliphatic heterocycles. The second-order valence-corrected chi connectivity index (χ2v) is 5.77. The highest BCUT2D eigenvalue weighted by molar-refractivity contribution is 5.89. The number of nitrogens with zero attached hydrogens (tertiary/aromatic N) is 2. The molecule has 1 atom stereocenters. The van der Waals surface area contributed by atoms with E-state index in [-0.39, 0.29) is 30.3 Å². The van der Waals surface area contributed by atoms with Gasteiger partial charge in [-0.25, -0.2) is 0 Å². The van der Waals surface area contributed by atoms with Gasteiger partial charge in [0.25, 0.3) is 0 Å². The molecule has 1 N–H and O–H groups in total. The van der Waals surface area contributed by atoms with Gasteiger partial charge in [-0.05, 0) is 25.5 Å². The number of likely N-dealkylation sites (tertiary alicyclic amines) is 1. The molecule has 1 heterocycles. The molecule has 1 aliphatic rings. The summed E-state index contributed by atoms with van der Waals surface area (Å²) in [5.41, 5.74) is 0.995. The van der Waals surface area contributed by atoms with Gasteiger partial charge >= 0.3 is 0 Å². The van der Waals surface area contributed by atoms with E-state index in [0.717, 1.165) is 24.9 Å². The van der Waals surface area contributed by atoms with Gasteiger partial charge in [0.15, 0.2) is 0 Å². The molecule has 6 heteroatoms. The van der Waals surface area contributed by atoms with E-state index in [1.807, 2.05) is 37.4 Å². The molecule has 1 fully saturated rings. The largest absolute Gasteiger partial charge is 0.343 e. The summed E-state index contributed by atoms with van der Waals surface area (Å²) in [5.74, 6) is 0.0956. The lowest BCUT2D eigenvalue weighted by atomic mass is 10.1. The van der Waals surface area contributed by atoms with Crippen LogP contribution in [0, 0.1) is 0 Å². The Bertz CT molecular complexity index is 510. The van der Waals surface area contributed by atoms with Crippen molar-refractivity contribution in [2.24, 2.45) is 0 Å². The molecule has 0 bridgehead atoms. The second-order valence-electron chi connectivity index (χ2n) is 5.77. The first-order chi connectivity index (χ1) is 10.6. The molecule has 1 aromatic rings. The lowest BCUT2D eigenvalue weighted by molar-refractivity contribution is -0.142. The zero-order chi connectivity index (χ0) is 15.9. The van der Waals surface area contributed by atoms with Gasteiger partial charge < -0.3 is 15.1 Å². The van der Waals surface area contributed by atoms with Crippen molar-refractivity contribution in [3.63, 3.8) is 0 Å². The minimum Gasteiger partial charge on any atom is -0.343 e. The summed E-state index contributed by atoms with van der Waals surface area (Å²) in [7, 11) is 3.67. The van der Waals surface area contributed by atoms with Crippen LogP contribution in [-0.2, 0) is 16.0 Å². The topological polar surface area (TPSA) is 52.7 Å². The van der Waals surface area contributed by atoms with Crippen LogP contribution < -0.4 is 5.32 Å². The minimum absolute atomic E-state index is 0. The maximum atomic E-state index is 12.5. The Hall–Kier alpha value is -1.59. The number of hydrogen-bond donors (Lipinski definition) is 1. The van der Waals surface area contributed by atoms with Crippen LogP contribution >= 0.6 is 12.4 Å². The van der Waals surface area contributed by atoms with Crippen molar-refractivity contribution in [3.8, 4) is 0 Å². The number of carbonyl (C=O) groups is 2. The van der Waals surface area contributed by atoms with Crippen LogP contribution in [-0.4, -0.2) is 61.4 Å². The average molecular weight is 340 g/mol. The van der Waals surface area contributed by atoms with Crippen molar-refractivity contribution >= 4 is 24.2 Å². The Balaban J connectivity index is 0.00000264. The summed E-state index contributed by atoms with van der Waals surface area (Å²) in [6.45, 7) is 2.10. The standard InChI is InChI=1S/C17H25N3O2.ClH/c1-18-10-12-19(2)17(22)15-9-6-11-20(15)16(21)13-14-7-4-3-5-8-14;/h3-5,7-8,15,18H,6,9-13H2,1-2H3;1H. The van der Waals surface area contributed by atoms with Crippen LogP contribution in [0.15, 0.2) is 30.3 Å². The van der Waals surface area contributed by atoms with Crippen molar-refractivity contribution in [2.75, 3.05) is 33.7 Å². The van der Waals surface area contributed by atoms with E-state index in [9.17, 15) is 9.59 Å². The van der Waals surface area contributed by atoms with Gasteiger partial charge in [-0.15, -0.1) is 12.4 Å². The molecular formula is C17H26ClN3O2. The summed E-state index contributed by atoms with van der Waals surface area (Å²) in [6.07, 6.45) is 2.03. The molecular weight excluding hydrogens is 314 g/mol. The Morgan fingerprint density at radius 1 is 1.30 bits per heavy atom. The fourth-order valence-corrected chi connectivity index (χ4v) is 2.84. The summed E-state index contributed by atoms with van der Waals surface area (Å²) in [4.78, 5) is 28.5. The highest BCUT2D eigenvalue weighted by Crippen LogP contribution is 2.20. The molecule has 2 amide bonds. The highest BCUT2D eigenvalue weighted by Gasteiger charge is 2.35.